The first kappa shape index (κ1) is 16.8. The standard InChI is InChI=1S/C21H17N3O3/c1-27-21(26)17-13-24(12-16-18(17)22-23-20(16)25)19(14-8-4-2-5-9-14)15-10-6-3-7-11-15/h2-13,19H,1H3,(H,23,25). The molecule has 0 saturated carbocycles. The van der Waals surface area contributed by atoms with Crippen molar-refractivity contribution >= 4 is 5.97 Å². The van der Waals surface area contributed by atoms with Crippen molar-refractivity contribution in [2.75, 3.05) is 7.11 Å². The van der Waals surface area contributed by atoms with Crippen molar-refractivity contribution in [2.45, 2.75) is 6.04 Å². The fraction of sp³-hybridized carbons (Fsp3) is 0.0952. The number of benzene rings is 2. The number of ether oxygens (including phenoxy) is 1. The number of carbonyl (C=O) groups is 1. The molecule has 0 unspecified atom stereocenters. The Bertz CT molecular complexity index is 1060. The largest absolute Gasteiger partial charge is 0.465 e. The number of fused-ring (bicyclic) bond motifs is 1. The van der Waals surface area contributed by atoms with Gasteiger partial charge in [-0.25, -0.2) is 9.89 Å². The maximum Gasteiger partial charge on any atom is 0.341 e. The Labute approximate surface area is 155 Å². The summed E-state index contributed by atoms with van der Waals surface area (Å²) >= 11 is 0. The Morgan fingerprint density at radius 3 is 2.15 bits per heavy atom. The van der Waals surface area contributed by atoms with Crippen molar-refractivity contribution in [1.82, 2.24) is 14.8 Å². The number of aromatic nitrogens is 3. The predicted molar refractivity (Wildman–Crippen MR) is 101 cm³/mol. The van der Waals surface area contributed by atoms with Crippen LogP contribution in [-0.2, 0) is 4.74 Å². The second kappa shape index (κ2) is 6.92. The highest BCUT2D eigenvalue weighted by molar-refractivity contribution is 5.96. The van der Waals surface area contributed by atoms with Crippen LogP contribution < -0.4 is 5.56 Å². The number of H-pyrrole nitrogens is 1. The Balaban J connectivity index is 1.99. The molecule has 2 aliphatic heterocycles. The predicted octanol–water partition coefficient (Wildman–Crippen LogP) is 3.10. The molecule has 2 heterocycles. The van der Waals surface area contributed by atoms with Crippen LogP contribution in [0.25, 0.3) is 11.3 Å². The van der Waals surface area contributed by atoms with E-state index in [1.807, 2.05) is 65.2 Å². The Morgan fingerprint density at radius 2 is 1.59 bits per heavy atom. The van der Waals surface area contributed by atoms with Gasteiger partial charge in [0, 0.05) is 12.4 Å². The van der Waals surface area contributed by atoms with E-state index in [9.17, 15) is 9.59 Å². The number of rotatable bonds is 4. The number of hydrogen-bond donors (Lipinski definition) is 1. The summed E-state index contributed by atoms with van der Waals surface area (Å²) < 4.78 is 6.75. The molecule has 0 bridgehead atoms. The highest BCUT2D eigenvalue weighted by Gasteiger charge is 2.25. The molecule has 1 N–H and O–H groups in total. The van der Waals surface area contributed by atoms with Gasteiger partial charge in [-0.1, -0.05) is 60.7 Å². The van der Waals surface area contributed by atoms with Gasteiger partial charge in [-0.15, -0.1) is 0 Å². The van der Waals surface area contributed by atoms with E-state index in [1.165, 1.54) is 7.11 Å². The summed E-state index contributed by atoms with van der Waals surface area (Å²) in [7, 11) is 1.31. The number of aromatic amines is 1. The molecule has 134 valence electrons. The molecule has 6 heteroatoms. The number of hydrogen-bond acceptors (Lipinski definition) is 4. The zero-order valence-corrected chi connectivity index (χ0v) is 14.6. The fourth-order valence-electron chi connectivity index (χ4n) is 3.27. The minimum atomic E-state index is -0.541. The van der Waals surface area contributed by atoms with E-state index in [-0.39, 0.29) is 17.2 Å². The van der Waals surface area contributed by atoms with Crippen LogP contribution in [0.5, 0.6) is 0 Å². The molecule has 0 aliphatic carbocycles. The van der Waals surface area contributed by atoms with Crippen molar-refractivity contribution in [3.8, 4) is 11.3 Å². The first-order valence-electron chi connectivity index (χ1n) is 8.47. The van der Waals surface area contributed by atoms with Crippen LogP contribution in [0.1, 0.15) is 27.5 Å². The summed E-state index contributed by atoms with van der Waals surface area (Å²) in [5, 5.41) is 6.40. The summed E-state index contributed by atoms with van der Waals surface area (Å²) in [6.07, 6.45) is 3.40. The van der Waals surface area contributed by atoms with E-state index in [2.05, 4.69) is 10.2 Å². The summed E-state index contributed by atoms with van der Waals surface area (Å²) in [4.78, 5) is 24.5. The van der Waals surface area contributed by atoms with Crippen molar-refractivity contribution < 1.29 is 9.53 Å². The molecule has 2 aromatic rings. The van der Waals surface area contributed by atoms with Crippen LogP contribution >= 0.6 is 0 Å². The zero-order chi connectivity index (χ0) is 18.8. The van der Waals surface area contributed by atoms with E-state index in [0.717, 1.165) is 11.1 Å². The zero-order valence-electron chi connectivity index (χ0n) is 14.6. The van der Waals surface area contributed by atoms with Gasteiger partial charge in [0.25, 0.3) is 5.56 Å². The van der Waals surface area contributed by atoms with Gasteiger partial charge in [0.2, 0.25) is 0 Å². The number of esters is 1. The summed E-state index contributed by atoms with van der Waals surface area (Å²) in [6.45, 7) is 0. The van der Waals surface area contributed by atoms with Gasteiger partial charge in [-0.05, 0) is 11.1 Å². The maximum absolute atomic E-state index is 12.3. The molecule has 2 aromatic carbocycles. The third-order valence-corrected chi connectivity index (χ3v) is 4.51. The first-order valence-corrected chi connectivity index (χ1v) is 8.47. The minimum Gasteiger partial charge on any atom is -0.465 e. The van der Waals surface area contributed by atoms with E-state index in [1.54, 1.807) is 12.4 Å². The monoisotopic (exact) mass is 359 g/mol. The Hall–Kier alpha value is -3.67. The van der Waals surface area contributed by atoms with E-state index < -0.39 is 5.97 Å². The lowest BCUT2D eigenvalue weighted by atomic mass is 9.97. The Kier molecular flexibility index (Phi) is 4.30. The van der Waals surface area contributed by atoms with Crippen LogP contribution in [-0.4, -0.2) is 27.8 Å². The second-order valence-corrected chi connectivity index (χ2v) is 6.15. The molecule has 6 nitrogen and oxygen atoms in total. The third kappa shape index (κ3) is 3.01. The normalized spacial score (nSPS) is 11.0. The van der Waals surface area contributed by atoms with Gasteiger partial charge < -0.3 is 9.30 Å². The minimum absolute atomic E-state index is 0.213. The molecular weight excluding hydrogens is 342 g/mol. The fourth-order valence-corrected chi connectivity index (χ4v) is 3.27. The van der Waals surface area contributed by atoms with Crippen LogP contribution in [0.15, 0.2) is 77.9 Å². The maximum atomic E-state index is 12.3. The van der Waals surface area contributed by atoms with Gasteiger partial charge in [0.05, 0.1) is 18.7 Å². The average Bonchev–Trinajstić information content (AvgIpc) is 3.10. The molecule has 0 radical (unpaired) electrons. The third-order valence-electron chi connectivity index (χ3n) is 4.51. The van der Waals surface area contributed by atoms with Crippen molar-refractivity contribution in [3.05, 3.63) is 100 Å². The molecule has 27 heavy (non-hydrogen) atoms. The second-order valence-electron chi connectivity index (χ2n) is 6.15. The molecule has 0 aromatic heterocycles. The van der Waals surface area contributed by atoms with Crippen LogP contribution in [0.2, 0.25) is 0 Å². The summed E-state index contributed by atoms with van der Waals surface area (Å²) in [6, 6.07) is 19.6. The number of methoxy groups -OCH3 is 1. The Morgan fingerprint density at radius 1 is 1.00 bits per heavy atom. The van der Waals surface area contributed by atoms with E-state index >= 15 is 0 Å². The molecule has 0 fully saturated rings. The van der Waals surface area contributed by atoms with Crippen molar-refractivity contribution in [3.63, 3.8) is 0 Å². The molecule has 0 spiro atoms. The lowest BCUT2D eigenvalue weighted by molar-refractivity contribution is 0.0600. The van der Waals surface area contributed by atoms with Crippen molar-refractivity contribution in [1.29, 1.82) is 0 Å². The molecular formula is C21H17N3O3. The van der Waals surface area contributed by atoms with Gasteiger partial charge in [0.15, 0.2) is 0 Å². The first-order chi connectivity index (χ1) is 13.2. The lowest BCUT2D eigenvalue weighted by Gasteiger charge is -2.23. The summed E-state index contributed by atoms with van der Waals surface area (Å²) in [5.41, 5.74) is 2.60. The van der Waals surface area contributed by atoms with Gasteiger partial charge in [-0.2, -0.15) is 5.10 Å². The number of carbonyl (C=O) groups excluding carboxylic acids is 1. The quantitative estimate of drug-likeness (QED) is 0.568. The number of pyridine rings is 1. The molecule has 0 saturated heterocycles. The SMILES string of the molecule is COC(=O)c1cn(C(c2ccccc2)c2ccccc2)cc2c(=O)[nH]nc1-2. The van der Waals surface area contributed by atoms with Crippen LogP contribution in [0.4, 0.5) is 0 Å². The lowest BCUT2D eigenvalue weighted by Crippen LogP contribution is -2.17. The van der Waals surface area contributed by atoms with Crippen molar-refractivity contribution in [2.24, 2.45) is 0 Å². The highest BCUT2D eigenvalue weighted by Crippen LogP contribution is 2.30. The van der Waals surface area contributed by atoms with Gasteiger partial charge >= 0.3 is 5.97 Å². The van der Waals surface area contributed by atoms with E-state index in [0.29, 0.717) is 11.3 Å². The van der Waals surface area contributed by atoms with Crippen LogP contribution in [0, 0.1) is 0 Å². The van der Waals surface area contributed by atoms with Crippen LogP contribution in [0.3, 0.4) is 0 Å². The molecule has 0 atom stereocenters. The topological polar surface area (TPSA) is 77.0 Å². The number of nitrogens with zero attached hydrogens (tertiary/aromatic N) is 2. The van der Waals surface area contributed by atoms with Gasteiger partial charge in [0.1, 0.15) is 11.3 Å². The van der Waals surface area contributed by atoms with E-state index in [4.69, 9.17) is 4.74 Å². The molecule has 2 aliphatic rings. The summed E-state index contributed by atoms with van der Waals surface area (Å²) in [5.74, 6) is -0.541. The highest BCUT2D eigenvalue weighted by atomic mass is 16.5. The average molecular weight is 359 g/mol. The smallest absolute Gasteiger partial charge is 0.341 e. The van der Waals surface area contributed by atoms with Gasteiger partial charge in [-0.3, -0.25) is 4.79 Å². The number of nitrogens with one attached hydrogen (secondary N) is 1. The molecule has 4 rings (SSSR count). The molecule has 0 amide bonds.